The largest absolute Gasteiger partial charge is 0.488 e. The van der Waals surface area contributed by atoms with Crippen LogP contribution in [-0.2, 0) is 11.2 Å². The number of hydrogen-bond acceptors (Lipinski definition) is 5. The first-order valence-corrected chi connectivity index (χ1v) is 14.8. The van der Waals surface area contributed by atoms with E-state index in [0.717, 1.165) is 30.6 Å². The van der Waals surface area contributed by atoms with Crippen LogP contribution in [0.4, 0.5) is 0 Å². The molecule has 0 saturated heterocycles. The number of aryl methyl sites for hydroxylation is 1. The Morgan fingerprint density at radius 2 is 1.82 bits per heavy atom. The van der Waals surface area contributed by atoms with Crippen LogP contribution in [0.25, 0.3) is 0 Å². The van der Waals surface area contributed by atoms with Gasteiger partial charge in [-0.2, -0.15) is 0 Å². The molecular weight excluding hydrogens is 498 g/mol. The molecule has 0 spiro atoms. The highest BCUT2D eigenvalue weighted by Crippen LogP contribution is 2.42. The molecule has 40 heavy (non-hydrogen) atoms. The molecule has 6 heteroatoms. The van der Waals surface area contributed by atoms with Crippen LogP contribution < -0.4 is 10.5 Å². The van der Waals surface area contributed by atoms with Crippen LogP contribution >= 0.6 is 0 Å². The molecule has 2 heterocycles. The maximum atomic E-state index is 11.3. The molecule has 1 amide bonds. The predicted molar refractivity (Wildman–Crippen MR) is 164 cm³/mol. The van der Waals surface area contributed by atoms with E-state index in [-0.39, 0.29) is 22.8 Å². The van der Waals surface area contributed by atoms with Crippen molar-refractivity contribution in [1.29, 1.82) is 0 Å². The second kappa shape index (κ2) is 13.0. The van der Waals surface area contributed by atoms with Crippen LogP contribution in [0, 0.1) is 0 Å². The minimum atomic E-state index is -0.284. The molecule has 0 radical (unpaired) electrons. The number of guanidine groups is 1. The Labute approximate surface area is 241 Å². The fourth-order valence-electron chi connectivity index (χ4n) is 5.78. The summed E-state index contributed by atoms with van der Waals surface area (Å²) >= 11 is 0. The van der Waals surface area contributed by atoms with Gasteiger partial charge in [0.1, 0.15) is 11.4 Å². The van der Waals surface area contributed by atoms with Crippen molar-refractivity contribution in [3.05, 3.63) is 64.7 Å². The smallest absolute Gasteiger partial charge is 0.231 e. The second-order valence-electron chi connectivity index (χ2n) is 12.4. The number of para-hydroxylation sites is 1. The normalized spacial score (nSPS) is 24.2. The number of carbonyl (C=O) groups excluding carboxylic acids is 2. The van der Waals surface area contributed by atoms with Crippen molar-refractivity contribution >= 4 is 17.6 Å². The summed E-state index contributed by atoms with van der Waals surface area (Å²) in [4.78, 5) is 28.1. The van der Waals surface area contributed by atoms with Crippen molar-refractivity contribution in [3.63, 3.8) is 0 Å². The summed E-state index contributed by atoms with van der Waals surface area (Å²) in [5, 5.41) is 0. The second-order valence-corrected chi connectivity index (χ2v) is 12.4. The Balaban J connectivity index is 0.000000167. The molecule has 218 valence electrons. The number of hydrogen-bond donors (Lipinski definition) is 1. The quantitative estimate of drug-likeness (QED) is 0.404. The Hall–Kier alpha value is -3.15. The fourth-order valence-corrected chi connectivity index (χ4v) is 5.78. The number of Topliss-reactive ketones (excluding diaryl/α,β-unsaturated/α-hetero) is 1. The van der Waals surface area contributed by atoms with E-state index in [9.17, 15) is 9.59 Å². The SMILES string of the molecule is CC(=O)c1ccc2c(c1)CCC2C.CCC1(C)CC(=O)N(C)C(N)=N1.CCCC1CC(C)(C)Oc2ccccc21. The number of ketones is 1. The molecule has 6 nitrogen and oxygen atoms in total. The molecule has 2 aliphatic heterocycles. The number of benzene rings is 2. The fraction of sp³-hybridized carbons (Fsp3) is 0.559. The lowest BCUT2D eigenvalue weighted by Gasteiger charge is -2.37. The predicted octanol–water partition coefficient (Wildman–Crippen LogP) is 7.40. The van der Waals surface area contributed by atoms with Gasteiger partial charge in [0.2, 0.25) is 5.91 Å². The van der Waals surface area contributed by atoms with Crippen LogP contribution in [0.3, 0.4) is 0 Å². The standard InChI is InChI=1S/C14H20O.C12H14O.C8H15N3O/c1-4-7-11-10-14(2,3)15-13-9-6-5-8-12(11)13;1-8-3-4-11-7-10(9(2)13)5-6-12(8)11;1-4-8(2)5-6(12)11(3)7(9)10-8/h5-6,8-9,11H,4,7,10H2,1-3H3;5-8H,3-4H2,1-2H3;4-5H2,1-3H3,(H2,9,10). The van der Waals surface area contributed by atoms with Gasteiger partial charge in [0.15, 0.2) is 11.7 Å². The number of rotatable bonds is 4. The molecule has 2 aromatic carbocycles. The zero-order chi connectivity index (χ0) is 29.7. The number of ether oxygens (including phenoxy) is 1. The summed E-state index contributed by atoms with van der Waals surface area (Å²) in [7, 11) is 1.65. The van der Waals surface area contributed by atoms with Crippen molar-refractivity contribution in [2.75, 3.05) is 7.05 Å². The number of carbonyl (C=O) groups is 2. The average Bonchev–Trinajstić information content (AvgIpc) is 3.27. The Bertz CT molecular complexity index is 1230. The molecule has 0 saturated carbocycles. The molecule has 5 rings (SSSR count). The highest BCUT2D eigenvalue weighted by molar-refractivity contribution is 5.98. The van der Waals surface area contributed by atoms with Crippen LogP contribution in [-0.4, -0.2) is 40.7 Å². The van der Waals surface area contributed by atoms with Gasteiger partial charge in [0.25, 0.3) is 0 Å². The van der Waals surface area contributed by atoms with Crippen LogP contribution in [0.2, 0.25) is 0 Å². The van der Waals surface area contributed by atoms with Gasteiger partial charge in [-0.25, -0.2) is 4.99 Å². The van der Waals surface area contributed by atoms with E-state index in [1.54, 1.807) is 14.0 Å². The maximum absolute atomic E-state index is 11.3. The minimum Gasteiger partial charge on any atom is -0.488 e. The van der Waals surface area contributed by atoms with Gasteiger partial charge in [-0.3, -0.25) is 14.5 Å². The highest BCUT2D eigenvalue weighted by atomic mass is 16.5. The monoisotopic (exact) mass is 547 g/mol. The lowest BCUT2D eigenvalue weighted by Crippen LogP contribution is -2.48. The topological polar surface area (TPSA) is 85.0 Å². The van der Waals surface area contributed by atoms with E-state index < -0.39 is 0 Å². The third kappa shape index (κ3) is 7.74. The molecule has 0 bridgehead atoms. The van der Waals surface area contributed by atoms with E-state index in [2.05, 4.69) is 69.1 Å². The van der Waals surface area contributed by atoms with Crippen molar-refractivity contribution in [2.24, 2.45) is 10.7 Å². The molecule has 3 atom stereocenters. The highest BCUT2D eigenvalue weighted by Gasteiger charge is 2.33. The Kier molecular flexibility index (Phi) is 10.2. The van der Waals surface area contributed by atoms with Crippen molar-refractivity contribution in [3.8, 4) is 5.75 Å². The minimum absolute atomic E-state index is 0.00576. The molecule has 2 N–H and O–H groups in total. The van der Waals surface area contributed by atoms with E-state index in [1.807, 2.05) is 19.9 Å². The third-order valence-electron chi connectivity index (χ3n) is 8.44. The zero-order valence-corrected chi connectivity index (χ0v) is 25.8. The van der Waals surface area contributed by atoms with Crippen molar-refractivity contribution in [1.82, 2.24) is 4.90 Å². The van der Waals surface area contributed by atoms with Gasteiger partial charge >= 0.3 is 0 Å². The third-order valence-corrected chi connectivity index (χ3v) is 8.44. The first-order valence-electron chi connectivity index (χ1n) is 14.8. The molecule has 0 fully saturated rings. The van der Waals surface area contributed by atoms with Crippen LogP contribution in [0.1, 0.15) is 126 Å². The summed E-state index contributed by atoms with van der Waals surface area (Å²) in [5.74, 6) is 2.99. The van der Waals surface area contributed by atoms with Gasteiger partial charge in [-0.05, 0) is 100 Å². The van der Waals surface area contributed by atoms with Gasteiger partial charge in [-0.15, -0.1) is 0 Å². The van der Waals surface area contributed by atoms with E-state index in [1.165, 1.54) is 40.9 Å². The summed E-state index contributed by atoms with van der Waals surface area (Å²) in [6.07, 6.45) is 7.32. The number of aliphatic imine (C=N–C) groups is 1. The van der Waals surface area contributed by atoms with Gasteiger partial charge in [-0.1, -0.05) is 57.5 Å². The lowest BCUT2D eigenvalue weighted by molar-refractivity contribution is -0.128. The van der Waals surface area contributed by atoms with E-state index >= 15 is 0 Å². The maximum Gasteiger partial charge on any atom is 0.231 e. The van der Waals surface area contributed by atoms with E-state index in [0.29, 0.717) is 24.2 Å². The molecule has 1 aliphatic carbocycles. The van der Waals surface area contributed by atoms with E-state index in [4.69, 9.17) is 10.5 Å². The zero-order valence-electron chi connectivity index (χ0n) is 25.8. The van der Waals surface area contributed by atoms with Crippen LogP contribution in [0.15, 0.2) is 47.5 Å². The Morgan fingerprint density at radius 3 is 2.45 bits per heavy atom. The summed E-state index contributed by atoms with van der Waals surface area (Å²) in [6, 6.07) is 14.6. The molecular formula is C34H49N3O3. The average molecular weight is 548 g/mol. The van der Waals surface area contributed by atoms with Crippen molar-refractivity contribution < 1.29 is 14.3 Å². The number of amides is 1. The Morgan fingerprint density at radius 1 is 1.12 bits per heavy atom. The lowest BCUT2D eigenvalue weighted by atomic mass is 9.82. The molecule has 3 unspecified atom stereocenters. The van der Waals surface area contributed by atoms with Gasteiger partial charge < -0.3 is 10.5 Å². The summed E-state index contributed by atoms with van der Waals surface area (Å²) < 4.78 is 6.00. The van der Waals surface area contributed by atoms with Gasteiger partial charge in [0.05, 0.1) is 12.0 Å². The first-order chi connectivity index (χ1) is 18.8. The molecule has 3 aliphatic rings. The number of fused-ring (bicyclic) bond motifs is 2. The number of nitrogens with zero attached hydrogens (tertiary/aromatic N) is 2. The number of nitrogens with two attached hydrogens (primary N) is 1. The molecule has 0 aromatic heterocycles. The van der Waals surface area contributed by atoms with Crippen molar-refractivity contribution in [2.45, 2.75) is 116 Å². The summed E-state index contributed by atoms with van der Waals surface area (Å²) in [6.45, 7) is 14.5. The van der Waals surface area contributed by atoms with Gasteiger partial charge in [0, 0.05) is 12.6 Å². The molecule has 2 aromatic rings. The summed E-state index contributed by atoms with van der Waals surface area (Å²) in [5.41, 5.74) is 10.4. The first kappa shape index (κ1) is 31.4. The van der Waals surface area contributed by atoms with Crippen LogP contribution in [0.5, 0.6) is 5.75 Å².